The van der Waals surface area contributed by atoms with Gasteiger partial charge in [-0.15, -0.1) is 0 Å². The highest BCUT2D eigenvalue weighted by Gasteiger charge is 2.11. The first-order chi connectivity index (χ1) is 9.08. The quantitative estimate of drug-likeness (QED) is 0.847. The van der Waals surface area contributed by atoms with Crippen molar-refractivity contribution in [1.29, 1.82) is 0 Å². The molecule has 98 valence electrons. The van der Waals surface area contributed by atoms with Crippen molar-refractivity contribution in [2.75, 3.05) is 11.1 Å². The number of rotatable bonds is 3. The summed E-state index contributed by atoms with van der Waals surface area (Å²) in [6.07, 6.45) is 0.175. The van der Waals surface area contributed by atoms with E-state index in [0.717, 1.165) is 5.56 Å². The Hall–Kier alpha value is -1.71. The van der Waals surface area contributed by atoms with Crippen LogP contribution < -0.4 is 11.1 Å². The zero-order chi connectivity index (χ0) is 13.8. The van der Waals surface area contributed by atoms with Crippen molar-refractivity contribution in [2.24, 2.45) is 0 Å². The molecule has 0 aliphatic carbocycles. The van der Waals surface area contributed by atoms with E-state index in [0.29, 0.717) is 21.4 Å². The number of carbonyl (C=O) groups excluding carboxylic acids is 1. The Morgan fingerprint density at radius 1 is 1.05 bits per heavy atom. The third-order valence-corrected chi connectivity index (χ3v) is 3.26. The molecule has 0 unspecified atom stereocenters. The minimum absolute atomic E-state index is 0.175. The van der Waals surface area contributed by atoms with E-state index in [1.54, 1.807) is 24.3 Å². The first-order valence-corrected chi connectivity index (χ1v) is 6.41. The predicted octanol–water partition coefficient (Wildman–Crippen LogP) is 3.76. The average Bonchev–Trinajstić information content (AvgIpc) is 2.37. The molecular formula is C14H12Cl2N2O. The van der Waals surface area contributed by atoms with Gasteiger partial charge in [0.05, 0.1) is 22.2 Å². The number of hydrogen-bond acceptors (Lipinski definition) is 2. The van der Waals surface area contributed by atoms with Gasteiger partial charge in [0.15, 0.2) is 0 Å². The maximum Gasteiger partial charge on any atom is 0.228 e. The number of hydrogen-bond donors (Lipinski definition) is 2. The molecule has 0 radical (unpaired) electrons. The maximum absolute atomic E-state index is 12.0. The van der Waals surface area contributed by atoms with Crippen LogP contribution in [0.2, 0.25) is 10.0 Å². The lowest BCUT2D eigenvalue weighted by Gasteiger charge is -2.10. The molecule has 2 aromatic rings. The van der Waals surface area contributed by atoms with Gasteiger partial charge >= 0.3 is 0 Å². The van der Waals surface area contributed by atoms with Gasteiger partial charge in [-0.1, -0.05) is 47.5 Å². The van der Waals surface area contributed by atoms with E-state index in [9.17, 15) is 4.79 Å². The molecular weight excluding hydrogens is 283 g/mol. The first-order valence-electron chi connectivity index (χ1n) is 5.65. The highest BCUT2D eigenvalue weighted by atomic mass is 35.5. The van der Waals surface area contributed by atoms with Crippen LogP contribution in [0.1, 0.15) is 5.56 Å². The molecule has 0 saturated carbocycles. The summed E-state index contributed by atoms with van der Waals surface area (Å²) in [5, 5.41) is 3.50. The van der Waals surface area contributed by atoms with Crippen LogP contribution in [0, 0.1) is 0 Å². The second-order valence-corrected chi connectivity index (χ2v) is 4.83. The molecule has 0 aliphatic rings. The molecule has 3 N–H and O–H groups in total. The Balaban J connectivity index is 2.12. The van der Waals surface area contributed by atoms with E-state index < -0.39 is 0 Å². The largest absolute Gasteiger partial charge is 0.398 e. The molecule has 2 aromatic carbocycles. The summed E-state index contributed by atoms with van der Waals surface area (Å²) in [5.74, 6) is -0.215. The van der Waals surface area contributed by atoms with Crippen molar-refractivity contribution in [1.82, 2.24) is 0 Å². The molecule has 3 nitrogen and oxygen atoms in total. The van der Waals surface area contributed by atoms with Gasteiger partial charge in [-0.05, 0) is 23.8 Å². The van der Waals surface area contributed by atoms with Crippen LogP contribution in [0.3, 0.4) is 0 Å². The molecule has 0 saturated heterocycles. The van der Waals surface area contributed by atoms with Crippen LogP contribution in [0.25, 0.3) is 0 Å². The van der Waals surface area contributed by atoms with Crippen molar-refractivity contribution in [3.05, 3.63) is 58.1 Å². The number of carbonyl (C=O) groups is 1. The van der Waals surface area contributed by atoms with E-state index in [2.05, 4.69) is 5.32 Å². The molecule has 0 bridgehead atoms. The monoisotopic (exact) mass is 294 g/mol. The van der Waals surface area contributed by atoms with Crippen molar-refractivity contribution in [2.45, 2.75) is 6.42 Å². The molecule has 2 rings (SSSR count). The second kappa shape index (κ2) is 5.95. The lowest BCUT2D eigenvalue weighted by atomic mass is 10.1. The summed E-state index contributed by atoms with van der Waals surface area (Å²) in [6, 6.07) is 12.3. The topological polar surface area (TPSA) is 55.1 Å². The molecule has 0 aliphatic heterocycles. The minimum Gasteiger partial charge on any atom is -0.398 e. The number of anilines is 2. The van der Waals surface area contributed by atoms with Crippen molar-refractivity contribution in [3.8, 4) is 0 Å². The minimum atomic E-state index is -0.215. The number of amides is 1. The lowest BCUT2D eigenvalue weighted by Crippen LogP contribution is -2.15. The summed E-state index contributed by atoms with van der Waals surface area (Å²) in [4.78, 5) is 12.0. The smallest absolute Gasteiger partial charge is 0.228 e. The molecule has 19 heavy (non-hydrogen) atoms. The first kappa shape index (κ1) is 13.7. The van der Waals surface area contributed by atoms with E-state index in [1.165, 1.54) is 0 Å². The van der Waals surface area contributed by atoms with E-state index in [4.69, 9.17) is 28.9 Å². The SMILES string of the molecule is Nc1ccccc1CC(=O)Nc1c(Cl)cccc1Cl. The lowest BCUT2D eigenvalue weighted by molar-refractivity contribution is -0.115. The van der Waals surface area contributed by atoms with Gasteiger partial charge in [0.1, 0.15) is 0 Å². The molecule has 5 heteroatoms. The zero-order valence-electron chi connectivity index (χ0n) is 9.99. The number of benzene rings is 2. The van der Waals surface area contributed by atoms with Crippen LogP contribution in [-0.4, -0.2) is 5.91 Å². The van der Waals surface area contributed by atoms with Crippen LogP contribution >= 0.6 is 23.2 Å². The fourth-order valence-corrected chi connectivity index (χ4v) is 2.16. The number of para-hydroxylation sites is 2. The van der Waals surface area contributed by atoms with Gasteiger partial charge in [-0.25, -0.2) is 0 Å². The Bertz CT molecular complexity index is 594. The van der Waals surface area contributed by atoms with Gasteiger partial charge in [0.25, 0.3) is 0 Å². The van der Waals surface area contributed by atoms with E-state index in [-0.39, 0.29) is 12.3 Å². The molecule has 0 aromatic heterocycles. The standard InChI is InChI=1S/C14H12Cl2N2O/c15-10-5-3-6-11(16)14(10)18-13(19)8-9-4-1-2-7-12(9)17/h1-7H,8,17H2,(H,18,19). The van der Waals surface area contributed by atoms with Crippen LogP contribution in [0.5, 0.6) is 0 Å². The van der Waals surface area contributed by atoms with E-state index in [1.807, 2.05) is 18.2 Å². The summed E-state index contributed by atoms with van der Waals surface area (Å²) < 4.78 is 0. The molecule has 0 fully saturated rings. The van der Waals surface area contributed by atoms with Gasteiger partial charge in [0, 0.05) is 5.69 Å². The van der Waals surface area contributed by atoms with Gasteiger partial charge in [-0.3, -0.25) is 4.79 Å². The van der Waals surface area contributed by atoms with Crippen molar-refractivity contribution < 1.29 is 4.79 Å². The fourth-order valence-electron chi connectivity index (χ4n) is 1.67. The molecule has 0 atom stereocenters. The second-order valence-electron chi connectivity index (χ2n) is 4.02. The normalized spacial score (nSPS) is 10.2. The number of halogens is 2. The average molecular weight is 295 g/mol. The fraction of sp³-hybridized carbons (Fsp3) is 0.0714. The number of nitrogens with one attached hydrogen (secondary N) is 1. The third kappa shape index (κ3) is 3.40. The van der Waals surface area contributed by atoms with Crippen LogP contribution in [0.4, 0.5) is 11.4 Å². The van der Waals surface area contributed by atoms with Crippen LogP contribution in [-0.2, 0) is 11.2 Å². The van der Waals surface area contributed by atoms with Gasteiger partial charge in [-0.2, -0.15) is 0 Å². The van der Waals surface area contributed by atoms with Gasteiger partial charge < -0.3 is 11.1 Å². The summed E-state index contributed by atoms with van der Waals surface area (Å²) in [6.45, 7) is 0. The van der Waals surface area contributed by atoms with E-state index >= 15 is 0 Å². The Labute approximate surface area is 121 Å². The highest BCUT2D eigenvalue weighted by Crippen LogP contribution is 2.29. The molecule has 1 amide bonds. The Kier molecular flexibility index (Phi) is 4.30. The van der Waals surface area contributed by atoms with Crippen molar-refractivity contribution in [3.63, 3.8) is 0 Å². The summed E-state index contributed by atoms with van der Waals surface area (Å²) >= 11 is 12.0. The highest BCUT2D eigenvalue weighted by molar-refractivity contribution is 6.39. The summed E-state index contributed by atoms with van der Waals surface area (Å²) in [7, 11) is 0. The molecule has 0 heterocycles. The van der Waals surface area contributed by atoms with Crippen molar-refractivity contribution >= 4 is 40.5 Å². The number of nitrogens with two attached hydrogens (primary N) is 1. The maximum atomic E-state index is 12.0. The Morgan fingerprint density at radius 2 is 1.68 bits per heavy atom. The predicted molar refractivity (Wildman–Crippen MR) is 79.7 cm³/mol. The van der Waals surface area contributed by atoms with Gasteiger partial charge in [0.2, 0.25) is 5.91 Å². The summed E-state index contributed by atoms with van der Waals surface area (Å²) in [5.41, 5.74) is 7.56. The zero-order valence-corrected chi connectivity index (χ0v) is 11.5. The molecule has 0 spiro atoms. The number of nitrogen functional groups attached to an aromatic ring is 1. The third-order valence-electron chi connectivity index (χ3n) is 2.63. The Morgan fingerprint density at radius 3 is 2.32 bits per heavy atom. The van der Waals surface area contributed by atoms with Crippen LogP contribution in [0.15, 0.2) is 42.5 Å².